The fraction of sp³-hybridized carbons (Fsp3) is 0.278. The molecule has 0 heterocycles. The Labute approximate surface area is 168 Å². The maximum absolute atomic E-state index is 12.7. The van der Waals surface area contributed by atoms with E-state index in [9.17, 15) is 23.3 Å². The lowest BCUT2D eigenvalue weighted by Crippen LogP contribution is -2.45. The van der Waals surface area contributed by atoms with Crippen LogP contribution in [0.4, 0.5) is 17.1 Å². The van der Waals surface area contributed by atoms with Gasteiger partial charge in [-0.2, -0.15) is 0 Å². The predicted molar refractivity (Wildman–Crippen MR) is 109 cm³/mol. The average Bonchev–Trinajstić information content (AvgIpc) is 2.58. The number of benzene rings is 2. The number of rotatable bonds is 6. The Balaban J connectivity index is 2.43. The molecule has 1 atom stereocenters. The number of nitro benzene ring substituents is 1. The number of halogens is 1. The number of amides is 1. The van der Waals surface area contributed by atoms with Crippen molar-refractivity contribution < 1.29 is 18.1 Å². The topological polar surface area (TPSA) is 110 Å². The van der Waals surface area contributed by atoms with E-state index >= 15 is 0 Å². The molecule has 2 aromatic rings. The molecule has 0 aliphatic heterocycles. The number of sulfonamides is 1. The van der Waals surface area contributed by atoms with E-state index in [2.05, 4.69) is 5.32 Å². The molecule has 0 radical (unpaired) electrons. The number of non-ortho nitro benzene ring substituents is 1. The van der Waals surface area contributed by atoms with Crippen molar-refractivity contribution in [3.8, 4) is 0 Å². The molecule has 10 heteroatoms. The van der Waals surface area contributed by atoms with Crippen LogP contribution in [0.25, 0.3) is 0 Å². The van der Waals surface area contributed by atoms with Gasteiger partial charge >= 0.3 is 0 Å². The number of hydrogen-bond acceptors (Lipinski definition) is 5. The van der Waals surface area contributed by atoms with Gasteiger partial charge in [-0.15, -0.1) is 0 Å². The summed E-state index contributed by atoms with van der Waals surface area (Å²) in [4.78, 5) is 23.2. The van der Waals surface area contributed by atoms with Gasteiger partial charge in [-0.05, 0) is 44.0 Å². The molecule has 0 aliphatic carbocycles. The molecule has 2 rings (SSSR count). The number of nitrogens with zero attached hydrogens (tertiary/aromatic N) is 2. The van der Waals surface area contributed by atoms with Crippen molar-refractivity contribution in [2.24, 2.45) is 0 Å². The van der Waals surface area contributed by atoms with E-state index in [0.29, 0.717) is 16.3 Å². The normalized spacial score (nSPS) is 12.3. The fourth-order valence-electron chi connectivity index (χ4n) is 2.65. The summed E-state index contributed by atoms with van der Waals surface area (Å²) in [6, 6.07) is 7.63. The zero-order valence-electron chi connectivity index (χ0n) is 15.8. The zero-order chi connectivity index (χ0) is 21.2. The SMILES string of the molecule is Cc1ccc(NC(=O)[C@@H](C)N(c2cc([N+](=O)[O-])ccc2C)S(C)(=O)=O)cc1Cl. The van der Waals surface area contributed by atoms with E-state index < -0.39 is 26.9 Å². The molecule has 0 saturated carbocycles. The Hall–Kier alpha value is -2.65. The van der Waals surface area contributed by atoms with Gasteiger partial charge in [0, 0.05) is 22.8 Å². The Kier molecular flexibility index (Phi) is 6.30. The lowest BCUT2D eigenvalue weighted by molar-refractivity contribution is -0.384. The third kappa shape index (κ3) is 4.79. The van der Waals surface area contributed by atoms with Crippen LogP contribution in [0.1, 0.15) is 18.1 Å². The van der Waals surface area contributed by atoms with Crippen LogP contribution in [0.2, 0.25) is 5.02 Å². The second kappa shape index (κ2) is 8.15. The molecule has 0 aromatic heterocycles. The molecule has 0 fully saturated rings. The molecule has 0 saturated heterocycles. The van der Waals surface area contributed by atoms with Crippen molar-refractivity contribution in [3.63, 3.8) is 0 Å². The highest BCUT2D eigenvalue weighted by molar-refractivity contribution is 7.92. The molecular formula is C18H20ClN3O5S. The first-order valence-corrected chi connectivity index (χ1v) is 10.5. The number of anilines is 2. The van der Waals surface area contributed by atoms with Gasteiger partial charge in [0.15, 0.2) is 0 Å². The van der Waals surface area contributed by atoms with Crippen molar-refractivity contribution >= 4 is 44.6 Å². The second-order valence-corrected chi connectivity index (χ2v) is 8.68. The standard InChI is InChI=1S/C18H20ClN3O5S/c1-11-5-7-14(9-16(11)19)20-18(23)13(3)21(28(4,26)27)17-10-15(22(24)25)8-6-12(17)2/h5-10,13H,1-4H3,(H,20,23)/t13-/m1/s1. The van der Waals surface area contributed by atoms with E-state index in [-0.39, 0.29) is 11.4 Å². The predicted octanol–water partition coefficient (Wildman–Crippen LogP) is 3.66. The maximum atomic E-state index is 12.7. The summed E-state index contributed by atoms with van der Waals surface area (Å²) in [6.07, 6.45) is 0.942. The van der Waals surface area contributed by atoms with E-state index in [1.165, 1.54) is 19.1 Å². The minimum absolute atomic E-state index is 0.0706. The number of nitro groups is 1. The lowest BCUT2D eigenvalue weighted by atomic mass is 10.1. The molecule has 1 amide bonds. The maximum Gasteiger partial charge on any atom is 0.271 e. The van der Waals surface area contributed by atoms with Crippen LogP contribution in [0.15, 0.2) is 36.4 Å². The van der Waals surface area contributed by atoms with Crippen molar-refractivity contribution in [2.75, 3.05) is 15.9 Å². The summed E-state index contributed by atoms with van der Waals surface area (Å²) < 4.78 is 25.7. The number of carbonyl (C=O) groups is 1. The third-order valence-corrected chi connectivity index (χ3v) is 5.80. The molecule has 0 aliphatic rings. The third-order valence-electron chi connectivity index (χ3n) is 4.17. The first kappa shape index (κ1) is 21.6. The van der Waals surface area contributed by atoms with Gasteiger partial charge in [0.25, 0.3) is 5.69 Å². The molecule has 28 heavy (non-hydrogen) atoms. The minimum atomic E-state index is -3.91. The summed E-state index contributed by atoms with van der Waals surface area (Å²) in [6.45, 7) is 4.83. The van der Waals surface area contributed by atoms with Crippen LogP contribution in [0.3, 0.4) is 0 Å². The van der Waals surface area contributed by atoms with E-state index in [1.807, 2.05) is 6.92 Å². The molecule has 8 nitrogen and oxygen atoms in total. The number of nitrogens with one attached hydrogen (secondary N) is 1. The first-order chi connectivity index (χ1) is 12.9. The monoisotopic (exact) mass is 425 g/mol. The summed E-state index contributed by atoms with van der Waals surface area (Å²) >= 11 is 6.05. The largest absolute Gasteiger partial charge is 0.324 e. The van der Waals surface area contributed by atoms with Crippen molar-refractivity contribution in [2.45, 2.75) is 26.8 Å². The van der Waals surface area contributed by atoms with Gasteiger partial charge in [-0.25, -0.2) is 8.42 Å². The number of aryl methyl sites for hydroxylation is 2. The summed E-state index contributed by atoms with van der Waals surface area (Å²) in [5.41, 5.74) is 1.52. The quantitative estimate of drug-likeness (QED) is 0.561. The van der Waals surface area contributed by atoms with Crippen LogP contribution >= 0.6 is 11.6 Å². The van der Waals surface area contributed by atoms with Crippen LogP contribution in [0, 0.1) is 24.0 Å². The minimum Gasteiger partial charge on any atom is -0.324 e. The Bertz CT molecular complexity index is 1040. The van der Waals surface area contributed by atoms with Gasteiger partial charge in [0.1, 0.15) is 6.04 Å². The van der Waals surface area contributed by atoms with Gasteiger partial charge in [-0.3, -0.25) is 19.2 Å². The molecular weight excluding hydrogens is 406 g/mol. The van der Waals surface area contributed by atoms with Gasteiger partial charge in [0.05, 0.1) is 16.9 Å². The van der Waals surface area contributed by atoms with Crippen LogP contribution in [-0.2, 0) is 14.8 Å². The van der Waals surface area contributed by atoms with Gasteiger partial charge in [-0.1, -0.05) is 23.7 Å². The van der Waals surface area contributed by atoms with E-state index in [4.69, 9.17) is 11.6 Å². The molecule has 1 N–H and O–H groups in total. The van der Waals surface area contributed by atoms with E-state index in [0.717, 1.165) is 22.2 Å². The molecule has 0 spiro atoms. The van der Waals surface area contributed by atoms with Crippen molar-refractivity contribution in [3.05, 3.63) is 62.7 Å². The summed E-state index contributed by atoms with van der Waals surface area (Å²) in [5.74, 6) is -0.601. The molecule has 2 aromatic carbocycles. The summed E-state index contributed by atoms with van der Waals surface area (Å²) in [7, 11) is -3.91. The number of hydrogen-bond donors (Lipinski definition) is 1. The Morgan fingerprint density at radius 3 is 2.32 bits per heavy atom. The Morgan fingerprint density at radius 1 is 1.18 bits per heavy atom. The fourth-order valence-corrected chi connectivity index (χ4v) is 4.05. The van der Waals surface area contributed by atoms with E-state index in [1.54, 1.807) is 25.1 Å². The van der Waals surface area contributed by atoms with Gasteiger partial charge in [0.2, 0.25) is 15.9 Å². The smallest absolute Gasteiger partial charge is 0.271 e. The van der Waals surface area contributed by atoms with Crippen molar-refractivity contribution in [1.29, 1.82) is 0 Å². The van der Waals surface area contributed by atoms with Crippen LogP contribution in [0.5, 0.6) is 0 Å². The highest BCUT2D eigenvalue weighted by atomic mass is 35.5. The lowest BCUT2D eigenvalue weighted by Gasteiger charge is -2.29. The second-order valence-electron chi connectivity index (χ2n) is 6.42. The number of carbonyl (C=O) groups excluding carboxylic acids is 1. The highest BCUT2D eigenvalue weighted by Crippen LogP contribution is 2.29. The van der Waals surface area contributed by atoms with Gasteiger partial charge < -0.3 is 5.32 Å². The molecule has 0 bridgehead atoms. The van der Waals surface area contributed by atoms with Crippen LogP contribution < -0.4 is 9.62 Å². The Morgan fingerprint density at radius 2 is 1.79 bits per heavy atom. The molecule has 0 unspecified atom stereocenters. The average molecular weight is 426 g/mol. The summed E-state index contributed by atoms with van der Waals surface area (Å²) in [5, 5.41) is 14.2. The van der Waals surface area contributed by atoms with Crippen molar-refractivity contribution in [1.82, 2.24) is 0 Å². The first-order valence-electron chi connectivity index (χ1n) is 8.23. The zero-order valence-corrected chi connectivity index (χ0v) is 17.3. The molecule has 150 valence electrons. The van der Waals surface area contributed by atoms with Crippen LogP contribution in [-0.4, -0.2) is 31.5 Å². The highest BCUT2D eigenvalue weighted by Gasteiger charge is 2.31.